The first-order valence-electron chi connectivity index (χ1n) is 9.23. The van der Waals surface area contributed by atoms with Crippen molar-refractivity contribution in [3.8, 4) is 5.75 Å². The molecule has 2 aromatic rings. The van der Waals surface area contributed by atoms with E-state index < -0.39 is 0 Å². The molecule has 6 heteroatoms. The average molecular weight is 356 g/mol. The Labute approximate surface area is 155 Å². The molecule has 0 bridgehead atoms. The van der Waals surface area contributed by atoms with Crippen molar-refractivity contribution < 1.29 is 4.74 Å². The van der Waals surface area contributed by atoms with Gasteiger partial charge in [0.1, 0.15) is 12.4 Å². The van der Waals surface area contributed by atoms with Crippen LogP contribution in [0.5, 0.6) is 5.75 Å². The van der Waals surface area contributed by atoms with E-state index in [9.17, 15) is 4.79 Å². The number of hydrogen-bond donors (Lipinski definition) is 0. The molecule has 6 nitrogen and oxygen atoms in total. The molecule has 140 valence electrons. The topological polar surface area (TPSA) is 50.6 Å². The highest BCUT2D eigenvalue weighted by atomic mass is 16.5. The molecule has 1 aromatic heterocycles. The summed E-state index contributed by atoms with van der Waals surface area (Å²) in [6, 6.07) is 7.78. The van der Waals surface area contributed by atoms with Crippen LogP contribution in [0, 0.1) is 13.8 Å². The molecular formula is C20H28N4O2. The SMILES string of the molecule is Cc1ccc(OCCn2ncc(N3CCCN(C)CC3)cc2=O)c(C)c1. The van der Waals surface area contributed by atoms with Crippen LogP contribution in [0.4, 0.5) is 5.69 Å². The van der Waals surface area contributed by atoms with Crippen LogP contribution >= 0.6 is 0 Å². The highest BCUT2D eigenvalue weighted by Gasteiger charge is 2.14. The lowest BCUT2D eigenvalue weighted by molar-refractivity contribution is 0.286. The third-order valence-corrected chi connectivity index (χ3v) is 4.83. The van der Waals surface area contributed by atoms with Gasteiger partial charge in [-0.1, -0.05) is 17.7 Å². The zero-order valence-corrected chi connectivity index (χ0v) is 15.9. The van der Waals surface area contributed by atoms with E-state index in [1.165, 1.54) is 10.2 Å². The van der Waals surface area contributed by atoms with Crippen molar-refractivity contribution in [2.45, 2.75) is 26.8 Å². The monoisotopic (exact) mass is 356 g/mol. The van der Waals surface area contributed by atoms with Gasteiger partial charge < -0.3 is 14.5 Å². The van der Waals surface area contributed by atoms with Crippen molar-refractivity contribution in [1.29, 1.82) is 0 Å². The van der Waals surface area contributed by atoms with Crippen molar-refractivity contribution in [2.75, 3.05) is 44.7 Å². The number of hydrogen-bond acceptors (Lipinski definition) is 5. The molecule has 1 saturated heterocycles. The van der Waals surface area contributed by atoms with E-state index >= 15 is 0 Å². The van der Waals surface area contributed by atoms with Gasteiger partial charge >= 0.3 is 0 Å². The zero-order valence-electron chi connectivity index (χ0n) is 15.9. The third-order valence-electron chi connectivity index (χ3n) is 4.83. The maximum atomic E-state index is 12.4. The molecule has 1 fully saturated rings. The molecule has 0 saturated carbocycles. The summed E-state index contributed by atoms with van der Waals surface area (Å²) < 4.78 is 7.28. The molecule has 0 aliphatic carbocycles. The molecule has 0 unspecified atom stereocenters. The summed E-state index contributed by atoms with van der Waals surface area (Å²) >= 11 is 0. The van der Waals surface area contributed by atoms with Crippen LogP contribution in [0.2, 0.25) is 0 Å². The highest BCUT2D eigenvalue weighted by molar-refractivity contribution is 5.43. The van der Waals surface area contributed by atoms with Crippen molar-refractivity contribution in [3.05, 3.63) is 51.9 Å². The molecule has 0 radical (unpaired) electrons. The lowest BCUT2D eigenvalue weighted by Crippen LogP contribution is -2.31. The van der Waals surface area contributed by atoms with E-state index in [4.69, 9.17) is 4.74 Å². The normalized spacial score (nSPS) is 15.7. The Morgan fingerprint density at radius 1 is 1.12 bits per heavy atom. The Morgan fingerprint density at radius 3 is 2.73 bits per heavy atom. The fraction of sp³-hybridized carbons (Fsp3) is 0.500. The molecule has 0 N–H and O–H groups in total. The molecular weight excluding hydrogens is 328 g/mol. The summed E-state index contributed by atoms with van der Waals surface area (Å²) in [6.45, 7) is 8.94. The Hall–Kier alpha value is -2.34. The average Bonchev–Trinajstić information content (AvgIpc) is 2.83. The molecule has 0 spiro atoms. The number of benzene rings is 1. The number of aryl methyl sites for hydroxylation is 2. The molecule has 2 heterocycles. The van der Waals surface area contributed by atoms with Gasteiger partial charge in [-0.2, -0.15) is 5.10 Å². The standard InChI is InChI=1S/C20H28N4O2/c1-16-5-6-19(17(2)13-16)26-12-11-24-20(25)14-18(15-21-24)23-8-4-7-22(3)9-10-23/h5-6,13-15H,4,7-12H2,1-3H3. The van der Waals surface area contributed by atoms with Gasteiger partial charge in [-0.3, -0.25) is 4.79 Å². The van der Waals surface area contributed by atoms with Gasteiger partial charge in [0.25, 0.3) is 5.56 Å². The molecule has 1 aliphatic rings. The Morgan fingerprint density at radius 2 is 1.96 bits per heavy atom. The number of likely N-dealkylation sites (N-methyl/N-ethyl adjacent to an activating group) is 1. The number of nitrogens with zero attached hydrogens (tertiary/aromatic N) is 4. The van der Waals surface area contributed by atoms with Gasteiger partial charge in [0.15, 0.2) is 0 Å². The molecule has 3 rings (SSSR count). The van der Waals surface area contributed by atoms with E-state index in [1.807, 2.05) is 19.1 Å². The van der Waals surface area contributed by atoms with Gasteiger partial charge in [0, 0.05) is 25.7 Å². The quantitative estimate of drug-likeness (QED) is 0.821. The second kappa shape index (κ2) is 8.36. The Bertz CT molecular complexity index is 803. The van der Waals surface area contributed by atoms with Gasteiger partial charge in [0.05, 0.1) is 18.4 Å². The minimum Gasteiger partial charge on any atom is -0.491 e. The second-order valence-corrected chi connectivity index (χ2v) is 7.04. The fourth-order valence-electron chi connectivity index (χ4n) is 3.27. The smallest absolute Gasteiger partial charge is 0.268 e. The fourth-order valence-corrected chi connectivity index (χ4v) is 3.27. The third kappa shape index (κ3) is 4.64. The zero-order chi connectivity index (χ0) is 18.5. The summed E-state index contributed by atoms with van der Waals surface area (Å²) in [6.07, 6.45) is 2.90. The minimum absolute atomic E-state index is 0.0793. The molecule has 0 amide bonds. The van der Waals surface area contributed by atoms with Crippen molar-refractivity contribution in [3.63, 3.8) is 0 Å². The molecule has 1 aromatic carbocycles. The van der Waals surface area contributed by atoms with Crippen LogP contribution in [0.25, 0.3) is 0 Å². The van der Waals surface area contributed by atoms with Crippen LogP contribution in [-0.2, 0) is 6.54 Å². The van der Waals surface area contributed by atoms with Crippen LogP contribution in [0.1, 0.15) is 17.5 Å². The lowest BCUT2D eigenvalue weighted by atomic mass is 10.1. The summed E-state index contributed by atoms with van der Waals surface area (Å²) in [5, 5.41) is 4.34. The predicted molar refractivity (Wildman–Crippen MR) is 104 cm³/mol. The van der Waals surface area contributed by atoms with Gasteiger partial charge in [-0.25, -0.2) is 4.68 Å². The molecule has 0 atom stereocenters. The highest BCUT2D eigenvalue weighted by Crippen LogP contribution is 2.18. The number of anilines is 1. The van der Waals surface area contributed by atoms with E-state index in [-0.39, 0.29) is 5.56 Å². The van der Waals surface area contributed by atoms with Gasteiger partial charge in [-0.05, 0) is 45.5 Å². The van der Waals surface area contributed by atoms with Crippen LogP contribution in [-0.4, -0.2) is 54.5 Å². The van der Waals surface area contributed by atoms with E-state index in [0.717, 1.165) is 49.6 Å². The summed E-state index contributed by atoms with van der Waals surface area (Å²) in [7, 11) is 2.13. The summed E-state index contributed by atoms with van der Waals surface area (Å²) in [4.78, 5) is 17.0. The van der Waals surface area contributed by atoms with E-state index in [2.05, 4.69) is 34.9 Å². The first-order valence-corrected chi connectivity index (χ1v) is 9.23. The van der Waals surface area contributed by atoms with Crippen LogP contribution in [0.15, 0.2) is 35.3 Å². The van der Waals surface area contributed by atoms with Crippen molar-refractivity contribution >= 4 is 5.69 Å². The second-order valence-electron chi connectivity index (χ2n) is 7.04. The van der Waals surface area contributed by atoms with E-state index in [1.54, 1.807) is 12.3 Å². The number of ether oxygens (including phenoxy) is 1. The molecule has 1 aliphatic heterocycles. The maximum absolute atomic E-state index is 12.4. The Balaban J connectivity index is 1.60. The van der Waals surface area contributed by atoms with Crippen LogP contribution in [0.3, 0.4) is 0 Å². The van der Waals surface area contributed by atoms with Crippen molar-refractivity contribution in [1.82, 2.24) is 14.7 Å². The minimum atomic E-state index is -0.0793. The Kier molecular flexibility index (Phi) is 5.93. The van der Waals surface area contributed by atoms with Crippen molar-refractivity contribution in [2.24, 2.45) is 0 Å². The van der Waals surface area contributed by atoms with Gasteiger partial charge in [-0.15, -0.1) is 0 Å². The number of rotatable bonds is 5. The van der Waals surface area contributed by atoms with Crippen LogP contribution < -0.4 is 15.2 Å². The number of aromatic nitrogens is 2. The first kappa shape index (κ1) is 18.5. The largest absolute Gasteiger partial charge is 0.491 e. The van der Waals surface area contributed by atoms with Gasteiger partial charge in [0.2, 0.25) is 0 Å². The van der Waals surface area contributed by atoms with E-state index in [0.29, 0.717) is 13.2 Å². The molecule has 26 heavy (non-hydrogen) atoms. The maximum Gasteiger partial charge on any atom is 0.268 e. The predicted octanol–water partition coefficient (Wildman–Crippen LogP) is 2.08. The first-order chi connectivity index (χ1) is 12.5. The summed E-state index contributed by atoms with van der Waals surface area (Å²) in [5.41, 5.74) is 3.15. The lowest BCUT2D eigenvalue weighted by Gasteiger charge is -2.22. The summed E-state index contributed by atoms with van der Waals surface area (Å²) in [5.74, 6) is 0.856.